The molecule has 0 spiro atoms. The lowest BCUT2D eigenvalue weighted by Crippen LogP contribution is -2.00. The summed E-state index contributed by atoms with van der Waals surface area (Å²) in [6.07, 6.45) is 1.75. The van der Waals surface area contributed by atoms with E-state index in [1.54, 1.807) is 26.4 Å². The van der Waals surface area contributed by atoms with Crippen molar-refractivity contribution >= 4 is 11.9 Å². The van der Waals surface area contributed by atoms with Crippen molar-refractivity contribution < 1.29 is 9.47 Å². The third-order valence-electron chi connectivity index (χ3n) is 4.11. The highest BCUT2D eigenvalue weighted by atomic mass is 16.5. The van der Waals surface area contributed by atoms with Gasteiger partial charge in [-0.1, -0.05) is 42.5 Å². The molecule has 0 aliphatic rings. The van der Waals surface area contributed by atoms with Gasteiger partial charge in [0.05, 0.1) is 19.9 Å². The average molecular weight is 347 g/mol. The highest BCUT2D eigenvalue weighted by Crippen LogP contribution is 2.36. The third kappa shape index (κ3) is 3.37. The summed E-state index contributed by atoms with van der Waals surface area (Å²) in [5.41, 5.74) is 10.5. The average Bonchev–Trinajstić information content (AvgIpc) is 2.66. The maximum atomic E-state index is 6.05. The minimum atomic E-state index is 0.398. The van der Waals surface area contributed by atoms with Crippen LogP contribution in [-0.2, 0) is 0 Å². The lowest BCUT2D eigenvalue weighted by molar-refractivity contribution is 0.355. The third-order valence-corrected chi connectivity index (χ3v) is 4.11. The Morgan fingerprint density at radius 2 is 1.62 bits per heavy atom. The number of methoxy groups -OCH3 is 2. The van der Waals surface area contributed by atoms with Gasteiger partial charge in [-0.3, -0.25) is 0 Å². The first-order valence-corrected chi connectivity index (χ1v) is 8.16. The standard InChI is InChI=1S/C21H21N3O2/c1-5-14-10-18(25-3)19(26-4)11-16(14)17-12-20(22)24-21(23-17)15-8-6-13(2)7-9-15/h5-12H,1H2,2-4H3,(H2,22,23,24). The van der Waals surface area contributed by atoms with Crippen molar-refractivity contribution in [3.8, 4) is 34.1 Å². The number of nitrogen functional groups attached to an aromatic ring is 1. The number of rotatable bonds is 5. The van der Waals surface area contributed by atoms with Gasteiger partial charge in [-0.15, -0.1) is 0 Å². The summed E-state index contributed by atoms with van der Waals surface area (Å²) in [4.78, 5) is 9.08. The first-order valence-electron chi connectivity index (χ1n) is 8.16. The van der Waals surface area contributed by atoms with Crippen molar-refractivity contribution in [3.05, 3.63) is 60.2 Å². The molecule has 5 nitrogen and oxygen atoms in total. The maximum absolute atomic E-state index is 6.05. The van der Waals surface area contributed by atoms with Crippen LogP contribution in [0.2, 0.25) is 0 Å². The first-order chi connectivity index (χ1) is 12.5. The van der Waals surface area contributed by atoms with Crippen LogP contribution >= 0.6 is 0 Å². The zero-order chi connectivity index (χ0) is 18.7. The van der Waals surface area contributed by atoms with Crippen LogP contribution in [0.15, 0.2) is 49.0 Å². The van der Waals surface area contributed by atoms with Crippen molar-refractivity contribution in [3.63, 3.8) is 0 Å². The second kappa shape index (κ2) is 7.27. The van der Waals surface area contributed by atoms with Crippen LogP contribution in [0.1, 0.15) is 11.1 Å². The van der Waals surface area contributed by atoms with Crippen LogP contribution in [0.25, 0.3) is 28.7 Å². The van der Waals surface area contributed by atoms with Crippen LogP contribution in [0.3, 0.4) is 0 Å². The van der Waals surface area contributed by atoms with E-state index in [4.69, 9.17) is 20.2 Å². The van der Waals surface area contributed by atoms with Gasteiger partial charge in [0, 0.05) is 17.2 Å². The molecular weight excluding hydrogens is 326 g/mol. The molecule has 2 aromatic carbocycles. The number of aromatic nitrogens is 2. The Kier molecular flexibility index (Phi) is 4.89. The summed E-state index contributed by atoms with van der Waals surface area (Å²) in [5, 5.41) is 0. The van der Waals surface area contributed by atoms with E-state index in [9.17, 15) is 0 Å². The molecule has 0 amide bonds. The lowest BCUT2D eigenvalue weighted by Gasteiger charge is -2.14. The van der Waals surface area contributed by atoms with E-state index in [0.717, 1.165) is 16.7 Å². The van der Waals surface area contributed by atoms with Gasteiger partial charge in [0.15, 0.2) is 17.3 Å². The lowest BCUT2D eigenvalue weighted by atomic mass is 10.0. The van der Waals surface area contributed by atoms with E-state index in [-0.39, 0.29) is 0 Å². The molecule has 0 unspecified atom stereocenters. The summed E-state index contributed by atoms with van der Waals surface area (Å²) in [6.45, 7) is 5.93. The normalized spacial score (nSPS) is 10.4. The Morgan fingerprint density at radius 3 is 2.23 bits per heavy atom. The highest BCUT2D eigenvalue weighted by Gasteiger charge is 2.14. The van der Waals surface area contributed by atoms with E-state index in [0.29, 0.717) is 28.8 Å². The molecule has 5 heteroatoms. The summed E-state index contributed by atoms with van der Waals surface area (Å²) < 4.78 is 10.8. The van der Waals surface area contributed by atoms with Gasteiger partial charge in [0.2, 0.25) is 0 Å². The topological polar surface area (TPSA) is 70.3 Å². The van der Waals surface area contributed by atoms with E-state index in [1.807, 2.05) is 43.3 Å². The maximum Gasteiger partial charge on any atom is 0.162 e. The SMILES string of the molecule is C=Cc1cc(OC)c(OC)cc1-c1cc(N)nc(-c2ccc(C)cc2)n1. The fraction of sp³-hybridized carbons (Fsp3) is 0.143. The van der Waals surface area contributed by atoms with E-state index >= 15 is 0 Å². The van der Waals surface area contributed by atoms with Gasteiger partial charge >= 0.3 is 0 Å². The molecule has 0 atom stereocenters. The van der Waals surface area contributed by atoms with Gasteiger partial charge in [-0.25, -0.2) is 9.97 Å². The number of aryl methyl sites for hydroxylation is 1. The van der Waals surface area contributed by atoms with Crippen molar-refractivity contribution in [1.29, 1.82) is 0 Å². The number of hydrogen-bond donors (Lipinski definition) is 1. The predicted molar refractivity (Wildman–Crippen MR) is 105 cm³/mol. The molecule has 26 heavy (non-hydrogen) atoms. The fourth-order valence-electron chi connectivity index (χ4n) is 2.72. The zero-order valence-corrected chi connectivity index (χ0v) is 15.1. The molecule has 3 aromatic rings. The molecular formula is C21H21N3O2. The Hall–Kier alpha value is -3.34. The molecule has 0 fully saturated rings. The molecule has 0 radical (unpaired) electrons. The fourth-order valence-corrected chi connectivity index (χ4v) is 2.72. The van der Waals surface area contributed by atoms with E-state index in [1.165, 1.54) is 5.56 Å². The Bertz CT molecular complexity index is 950. The zero-order valence-electron chi connectivity index (χ0n) is 15.1. The number of hydrogen-bond acceptors (Lipinski definition) is 5. The molecule has 1 aromatic heterocycles. The molecule has 2 N–H and O–H groups in total. The minimum absolute atomic E-state index is 0.398. The quantitative estimate of drug-likeness (QED) is 0.742. The number of ether oxygens (including phenoxy) is 2. The minimum Gasteiger partial charge on any atom is -0.493 e. The first kappa shape index (κ1) is 17.5. The second-order valence-corrected chi connectivity index (χ2v) is 5.87. The summed E-state index contributed by atoms with van der Waals surface area (Å²) in [5.74, 6) is 2.22. The Morgan fingerprint density at radius 1 is 0.962 bits per heavy atom. The predicted octanol–water partition coefficient (Wildman–Crippen LogP) is 4.36. The van der Waals surface area contributed by atoms with Crippen LogP contribution in [0.4, 0.5) is 5.82 Å². The Balaban J connectivity index is 2.18. The monoisotopic (exact) mass is 347 g/mol. The van der Waals surface area contributed by atoms with Crippen molar-refractivity contribution in [1.82, 2.24) is 9.97 Å². The molecule has 0 saturated heterocycles. The van der Waals surface area contributed by atoms with Gasteiger partial charge in [-0.2, -0.15) is 0 Å². The van der Waals surface area contributed by atoms with Gasteiger partial charge < -0.3 is 15.2 Å². The van der Waals surface area contributed by atoms with Crippen LogP contribution in [-0.4, -0.2) is 24.2 Å². The number of benzene rings is 2. The number of nitrogens with zero attached hydrogens (tertiary/aromatic N) is 2. The smallest absolute Gasteiger partial charge is 0.162 e. The molecule has 132 valence electrons. The molecule has 0 bridgehead atoms. The van der Waals surface area contributed by atoms with Gasteiger partial charge in [0.25, 0.3) is 0 Å². The summed E-state index contributed by atoms with van der Waals surface area (Å²) >= 11 is 0. The molecule has 0 aliphatic carbocycles. The largest absolute Gasteiger partial charge is 0.493 e. The van der Waals surface area contributed by atoms with Crippen molar-refractivity contribution in [2.24, 2.45) is 0 Å². The van der Waals surface area contributed by atoms with Gasteiger partial charge in [0.1, 0.15) is 5.82 Å². The summed E-state index contributed by atoms with van der Waals surface area (Å²) in [6, 6.07) is 13.5. The number of anilines is 1. The van der Waals surface area contributed by atoms with Gasteiger partial charge in [-0.05, 0) is 24.6 Å². The van der Waals surface area contributed by atoms with E-state index < -0.39 is 0 Å². The van der Waals surface area contributed by atoms with Crippen LogP contribution in [0, 0.1) is 6.92 Å². The Labute approximate surface area is 153 Å². The molecule has 0 aliphatic heterocycles. The molecule has 1 heterocycles. The second-order valence-electron chi connectivity index (χ2n) is 5.87. The van der Waals surface area contributed by atoms with Crippen molar-refractivity contribution in [2.75, 3.05) is 20.0 Å². The van der Waals surface area contributed by atoms with E-state index in [2.05, 4.69) is 11.6 Å². The molecule has 0 saturated carbocycles. The van der Waals surface area contributed by atoms with Crippen molar-refractivity contribution in [2.45, 2.75) is 6.92 Å². The van der Waals surface area contributed by atoms with Crippen LogP contribution < -0.4 is 15.2 Å². The highest BCUT2D eigenvalue weighted by molar-refractivity contribution is 5.78. The summed E-state index contributed by atoms with van der Waals surface area (Å²) in [7, 11) is 3.20. The number of nitrogens with two attached hydrogens (primary N) is 1. The molecule has 3 rings (SSSR count). The van der Waals surface area contributed by atoms with Crippen LogP contribution in [0.5, 0.6) is 11.5 Å².